The molecule has 0 bridgehead atoms. The first-order valence-corrected chi connectivity index (χ1v) is 6.16. The second-order valence-corrected chi connectivity index (χ2v) is 3.98. The molecule has 19 heavy (non-hydrogen) atoms. The van der Waals surface area contributed by atoms with E-state index in [1.54, 1.807) is 22.8 Å². The van der Waals surface area contributed by atoms with Gasteiger partial charge in [-0.15, -0.1) is 5.10 Å². The molecule has 0 unspecified atom stereocenters. The summed E-state index contributed by atoms with van der Waals surface area (Å²) in [4.78, 5) is 4.14. The van der Waals surface area contributed by atoms with Crippen molar-refractivity contribution >= 4 is 0 Å². The molecule has 2 heterocycles. The Kier molecular flexibility index (Phi) is 4.99. The van der Waals surface area contributed by atoms with E-state index in [-0.39, 0.29) is 0 Å². The Morgan fingerprint density at radius 1 is 1.26 bits per heavy atom. The molecule has 0 amide bonds. The van der Waals surface area contributed by atoms with Crippen LogP contribution in [-0.4, -0.2) is 43.5 Å². The van der Waals surface area contributed by atoms with Crippen LogP contribution in [0.25, 0.3) is 0 Å². The van der Waals surface area contributed by atoms with Gasteiger partial charge in [-0.2, -0.15) is 5.10 Å². The Bertz CT molecular complexity index is 495. The van der Waals surface area contributed by atoms with Crippen LogP contribution in [-0.2, 0) is 35.8 Å². The molecular formula is C11H18N6O2. The van der Waals surface area contributed by atoms with Crippen LogP contribution in [0.2, 0.25) is 0 Å². The number of rotatable bonds is 8. The molecule has 0 fully saturated rings. The van der Waals surface area contributed by atoms with Crippen LogP contribution in [0, 0.1) is 0 Å². The smallest absolute Gasteiger partial charge is 0.176 e. The summed E-state index contributed by atoms with van der Waals surface area (Å²) in [5, 5.41) is 12.2. The second kappa shape index (κ2) is 6.95. The number of methoxy groups -OCH3 is 1. The fraction of sp³-hybridized carbons (Fsp3) is 0.636. The minimum absolute atomic E-state index is 0.409. The molecule has 0 radical (unpaired) electrons. The number of hydrogen-bond acceptors (Lipinski definition) is 6. The zero-order valence-electron chi connectivity index (χ0n) is 11.2. The molecule has 0 aliphatic rings. The van der Waals surface area contributed by atoms with E-state index in [0.717, 1.165) is 12.2 Å². The monoisotopic (exact) mass is 266 g/mol. The Labute approximate surface area is 111 Å². The molecule has 0 aromatic carbocycles. The van der Waals surface area contributed by atoms with Gasteiger partial charge in [0.1, 0.15) is 18.6 Å². The van der Waals surface area contributed by atoms with Gasteiger partial charge in [-0.25, -0.2) is 9.67 Å². The van der Waals surface area contributed by atoms with E-state index < -0.39 is 0 Å². The molecule has 0 N–H and O–H groups in total. The third-order valence-electron chi connectivity index (χ3n) is 2.48. The summed E-state index contributed by atoms with van der Waals surface area (Å²) in [5.74, 6) is 0.695. The van der Waals surface area contributed by atoms with Crippen molar-refractivity contribution < 1.29 is 9.47 Å². The van der Waals surface area contributed by atoms with E-state index in [1.807, 2.05) is 13.1 Å². The number of aryl methyl sites for hydroxylation is 1. The van der Waals surface area contributed by atoms with E-state index in [1.165, 1.54) is 0 Å². The van der Waals surface area contributed by atoms with Gasteiger partial charge < -0.3 is 9.47 Å². The van der Waals surface area contributed by atoms with Crippen LogP contribution >= 0.6 is 0 Å². The first-order chi connectivity index (χ1) is 9.31. The van der Waals surface area contributed by atoms with Crippen LogP contribution in [0.3, 0.4) is 0 Å². The molecule has 0 atom stereocenters. The van der Waals surface area contributed by atoms with Crippen molar-refractivity contribution in [1.82, 2.24) is 29.8 Å². The fourth-order valence-electron chi connectivity index (χ4n) is 1.54. The number of hydrogen-bond donors (Lipinski definition) is 0. The molecule has 104 valence electrons. The minimum Gasteiger partial charge on any atom is -0.378 e. The summed E-state index contributed by atoms with van der Waals surface area (Å²) in [6.07, 6.45) is 3.55. The van der Waals surface area contributed by atoms with Gasteiger partial charge in [-0.3, -0.25) is 4.68 Å². The van der Waals surface area contributed by atoms with E-state index in [9.17, 15) is 0 Å². The predicted molar refractivity (Wildman–Crippen MR) is 66.1 cm³/mol. The zero-order valence-corrected chi connectivity index (χ0v) is 11.2. The van der Waals surface area contributed by atoms with Gasteiger partial charge in [0.05, 0.1) is 26.0 Å². The molecule has 0 aliphatic carbocycles. The summed E-state index contributed by atoms with van der Waals surface area (Å²) >= 11 is 0. The number of nitrogens with zero attached hydrogens (tertiary/aromatic N) is 6. The lowest BCUT2D eigenvalue weighted by Crippen LogP contribution is -2.07. The quantitative estimate of drug-likeness (QED) is 0.637. The largest absolute Gasteiger partial charge is 0.378 e. The van der Waals surface area contributed by atoms with Gasteiger partial charge in [0.25, 0.3) is 0 Å². The molecule has 2 aromatic rings. The van der Waals surface area contributed by atoms with E-state index >= 15 is 0 Å². The van der Waals surface area contributed by atoms with Crippen LogP contribution in [0.1, 0.15) is 18.4 Å². The second-order valence-electron chi connectivity index (χ2n) is 3.98. The van der Waals surface area contributed by atoms with Gasteiger partial charge in [-0.1, -0.05) is 5.21 Å². The SMILES string of the molecule is CCn1cnc(COCCn2cc(COC)nn2)n1. The Morgan fingerprint density at radius 2 is 2.16 bits per heavy atom. The van der Waals surface area contributed by atoms with E-state index in [4.69, 9.17) is 9.47 Å². The normalized spacial score (nSPS) is 11.1. The van der Waals surface area contributed by atoms with Crippen molar-refractivity contribution in [3.63, 3.8) is 0 Å². The van der Waals surface area contributed by atoms with Crippen molar-refractivity contribution in [1.29, 1.82) is 0 Å². The Balaban J connectivity index is 1.68. The summed E-state index contributed by atoms with van der Waals surface area (Å²) in [6.45, 7) is 4.89. The van der Waals surface area contributed by atoms with Crippen molar-refractivity contribution in [2.75, 3.05) is 13.7 Å². The van der Waals surface area contributed by atoms with Crippen molar-refractivity contribution in [3.05, 3.63) is 24.0 Å². The van der Waals surface area contributed by atoms with Crippen molar-refractivity contribution in [2.24, 2.45) is 0 Å². The van der Waals surface area contributed by atoms with Crippen LogP contribution in [0.5, 0.6) is 0 Å². The lowest BCUT2D eigenvalue weighted by Gasteiger charge is -2.01. The predicted octanol–water partition coefficient (Wildman–Crippen LogP) is 0.253. The number of aromatic nitrogens is 6. The topological polar surface area (TPSA) is 79.9 Å². The third-order valence-corrected chi connectivity index (χ3v) is 2.48. The van der Waals surface area contributed by atoms with Crippen LogP contribution in [0.4, 0.5) is 0 Å². The molecule has 0 saturated heterocycles. The zero-order chi connectivity index (χ0) is 13.5. The molecular weight excluding hydrogens is 248 g/mol. The highest BCUT2D eigenvalue weighted by Gasteiger charge is 2.02. The van der Waals surface area contributed by atoms with Gasteiger partial charge in [-0.05, 0) is 6.92 Å². The summed E-state index contributed by atoms with van der Waals surface area (Å²) in [5.41, 5.74) is 0.811. The highest BCUT2D eigenvalue weighted by molar-refractivity contribution is 4.89. The summed E-state index contributed by atoms with van der Waals surface area (Å²) in [6, 6.07) is 0. The molecule has 0 spiro atoms. The van der Waals surface area contributed by atoms with E-state index in [0.29, 0.717) is 32.2 Å². The first-order valence-electron chi connectivity index (χ1n) is 6.16. The third kappa shape index (κ3) is 4.11. The average Bonchev–Trinajstić information content (AvgIpc) is 3.04. The Hall–Kier alpha value is -1.80. The molecule has 0 aliphatic heterocycles. The van der Waals surface area contributed by atoms with Crippen molar-refractivity contribution in [2.45, 2.75) is 33.2 Å². The van der Waals surface area contributed by atoms with E-state index in [2.05, 4.69) is 20.4 Å². The standard InChI is InChI=1S/C11H18N6O2/c1-3-16-9-12-11(14-16)8-19-5-4-17-6-10(7-18-2)13-15-17/h6,9H,3-5,7-8H2,1-2H3. The highest BCUT2D eigenvalue weighted by Crippen LogP contribution is 1.96. The molecule has 2 aromatic heterocycles. The van der Waals surface area contributed by atoms with Crippen LogP contribution in [0.15, 0.2) is 12.5 Å². The highest BCUT2D eigenvalue weighted by atomic mass is 16.5. The first kappa shape index (κ1) is 13.6. The Morgan fingerprint density at radius 3 is 2.89 bits per heavy atom. The van der Waals surface area contributed by atoms with Crippen molar-refractivity contribution in [3.8, 4) is 0 Å². The lowest BCUT2D eigenvalue weighted by molar-refractivity contribution is 0.105. The van der Waals surface area contributed by atoms with Gasteiger partial charge in [0.2, 0.25) is 0 Å². The lowest BCUT2D eigenvalue weighted by atomic mass is 10.5. The van der Waals surface area contributed by atoms with Gasteiger partial charge in [0, 0.05) is 13.7 Å². The molecule has 0 saturated carbocycles. The summed E-state index contributed by atoms with van der Waals surface area (Å²) in [7, 11) is 1.63. The number of ether oxygens (including phenoxy) is 2. The average molecular weight is 266 g/mol. The maximum Gasteiger partial charge on any atom is 0.176 e. The molecule has 8 nitrogen and oxygen atoms in total. The van der Waals surface area contributed by atoms with Crippen LogP contribution < -0.4 is 0 Å². The maximum atomic E-state index is 5.49. The summed E-state index contributed by atoms with van der Waals surface area (Å²) < 4.78 is 14.0. The molecule has 2 rings (SSSR count). The van der Waals surface area contributed by atoms with Gasteiger partial charge in [0.15, 0.2) is 5.82 Å². The van der Waals surface area contributed by atoms with Gasteiger partial charge >= 0.3 is 0 Å². The maximum absolute atomic E-state index is 5.49. The fourth-order valence-corrected chi connectivity index (χ4v) is 1.54. The minimum atomic E-state index is 0.409. The molecule has 8 heteroatoms.